The van der Waals surface area contributed by atoms with E-state index in [1.165, 1.54) is 0 Å². The Labute approximate surface area is 44.3 Å². The zero-order chi connectivity index (χ0) is 5.33. The number of rotatable bonds is 0. The Kier molecular flexibility index (Phi) is 1.05. The second kappa shape index (κ2) is 1.46. The summed E-state index contributed by atoms with van der Waals surface area (Å²) in [6, 6.07) is 0. The van der Waals surface area contributed by atoms with Crippen molar-refractivity contribution in [2.45, 2.75) is 19.4 Å². The second-order valence-electron chi connectivity index (χ2n) is 2.49. The smallest absolute Gasteiger partial charge is 0.141 e. The molecule has 0 aliphatic carbocycles. The van der Waals surface area contributed by atoms with Crippen LogP contribution in [0, 0.1) is 6.67 Å². The van der Waals surface area contributed by atoms with Crippen LogP contribution in [-0.4, -0.2) is 12.1 Å². The van der Waals surface area contributed by atoms with Gasteiger partial charge in [-0.05, 0) is 13.8 Å². The van der Waals surface area contributed by atoms with Gasteiger partial charge in [0.05, 0.1) is 0 Å². The van der Waals surface area contributed by atoms with Crippen LogP contribution >= 0.6 is 0 Å². The average molecular weight is 98.1 g/mol. The standard InChI is InChI=1S/C5H10N2/c1-5(2)3-6-4-7-5/h6-7H,3H2,1-2H3. The molecule has 40 valence electrons. The molecule has 0 amide bonds. The molecule has 0 saturated carbocycles. The van der Waals surface area contributed by atoms with Crippen LogP contribution in [0.2, 0.25) is 0 Å². The van der Waals surface area contributed by atoms with E-state index in [0.717, 1.165) is 6.54 Å². The summed E-state index contributed by atoms with van der Waals surface area (Å²) in [5, 5.41) is 5.99. The Bertz CT molecular complexity index is 60.5. The van der Waals surface area contributed by atoms with Gasteiger partial charge in [0.15, 0.2) is 0 Å². The van der Waals surface area contributed by atoms with Crippen molar-refractivity contribution in [2.75, 3.05) is 6.54 Å². The lowest BCUT2D eigenvalue weighted by Gasteiger charge is -2.13. The maximum absolute atomic E-state index is 3.03. The van der Waals surface area contributed by atoms with E-state index in [2.05, 4.69) is 31.1 Å². The van der Waals surface area contributed by atoms with E-state index >= 15 is 0 Å². The second-order valence-corrected chi connectivity index (χ2v) is 2.49. The predicted molar refractivity (Wildman–Crippen MR) is 28.5 cm³/mol. The molecule has 0 aromatic rings. The maximum Gasteiger partial charge on any atom is 0.141 e. The minimum atomic E-state index is 0.222. The van der Waals surface area contributed by atoms with Gasteiger partial charge in [-0.2, -0.15) is 0 Å². The summed E-state index contributed by atoms with van der Waals surface area (Å²) >= 11 is 0. The van der Waals surface area contributed by atoms with Gasteiger partial charge in [-0.1, -0.05) is 0 Å². The predicted octanol–water partition coefficient (Wildman–Crippen LogP) is -0.0459. The fraction of sp³-hybridized carbons (Fsp3) is 0.800. The molecular weight excluding hydrogens is 88.1 g/mol. The molecule has 1 saturated heterocycles. The third-order valence-electron chi connectivity index (χ3n) is 1.02. The summed E-state index contributed by atoms with van der Waals surface area (Å²) in [4.78, 5) is 0. The molecule has 2 radical (unpaired) electrons. The van der Waals surface area contributed by atoms with Gasteiger partial charge in [-0.15, -0.1) is 0 Å². The molecule has 1 aliphatic rings. The van der Waals surface area contributed by atoms with Crippen LogP contribution in [0.3, 0.4) is 0 Å². The van der Waals surface area contributed by atoms with E-state index in [1.54, 1.807) is 0 Å². The zero-order valence-electron chi connectivity index (χ0n) is 4.71. The molecule has 7 heavy (non-hydrogen) atoms. The Balaban J connectivity index is 2.40. The molecule has 1 fully saturated rings. The van der Waals surface area contributed by atoms with Crippen LogP contribution in [-0.2, 0) is 0 Å². The molecule has 1 rings (SSSR count). The van der Waals surface area contributed by atoms with E-state index in [1.807, 2.05) is 0 Å². The third kappa shape index (κ3) is 1.14. The summed E-state index contributed by atoms with van der Waals surface area (Å²) in [6.07, 6.45) is 0. The van der Waals surface area contributed by atoms with Crippen LogP contribution in [0.1, 0.15) is 13.8 Å². The van der Waals surface area contributed by atoms with Crippen LogP contribution in [0.5, 0.6) is 0 Å². The topological polar surface area (TPSA) is 24.1 Å². The summed E-state index contributed by atoms with van der Waals surface area (Å²) in [7, 11) is 0. The molecule has 0 aromatic carbocycles. The molecule has 2 nitrogen and oxygen atoms in total. The zero-order valence-corrected chi connectivity index (χ0v) is 4.71. The first-order valence-electron chi connectivity index (χ1n) is 2.46. The van der Waals surface area contributed by atoms with Gasteiger partial charge in [-0.3, -0.25) is 10.6 Å². The van der Waals surface area contributed by atoms with Crippen LogP contribution in [0.25, 0.3) is 0 Å². The van der Waals surface area contributed by atoms with Crippen LogP contribution in [0.15, 0.2) is 0 Å². The fourth-order valence-corrected chi connectivity index (χ4v) is 0.523. The SMILES string of the molecule is CC1(C)CN[C]N1. The van der Waals surface area contributed by atoms with Gasteiger partial charge in [0.25, 0.3) is 0 Å². The molecule has 2 heteroatoms. The molecule has 0 spiro atoms. The lowest BCUT2D eigenvalue weighted by Crippen LogP contribution is -2.33. The highest BCUT2D eigenvalue weighted by molar-refractivity contribution is 4.90. The minimum Gasteiger partial charge on any atom is -0.292 e. The van der Waals surface area contributed by atoms with Gasteiger partial charge >= 0.3 is 0 Å². The van der Waals surface area contributed by atoms with Crippen molar-refractivity contribution in [1.82, 2.24) is 10.6 Å². The van der Waals surface area contributed by atoms with Gasteiger partial charge in [0, 0.05) is 12.1 Å². The molecule has 2 N–H and O–H groups in total. The van der Waals surface area contributed by atoms with Crippen LogP contribution < -0.4 is 10.6 Å². The first-order valence-corrected chi connectivity index (χ1v) is 2.46. The Morgan fingerprint density at radius 2 is 2.29 bits per heavy atom. The van der Waals surface area contributed by atoms with Gasteiger partial charge in [0.2, 0.25) is 0 Å². The largest absolute Gasteiger partial charge is 0.292 e. The highest BCUT2D eigenvalue weighted by Crippen LogP contribution is 2.03. The first-order chi connectivity index (χ1) is 3.21. The molecule has 1 heterocycles. The van der Waals surface area contributed by atoms with Gasteiger partial charge in [0.1, 0.15) is 6.67 Å². The monoisotopic (exact) mass is 98.1 g/mol. The minimum absolute atomic E-state index is 0.222. The quantitative estimate of drug-likeness (QED) is 0.444. The lowest BCUT2D eigenvalue weighted by atomic mass is 10.1. The molecule has 0 unspecified atom stereocenters. The van der Waals surface area contributed by atoms with Crippen LogP contribution in [0.4, 0.5) is 0 Å². The van der Waals surface area contributed by atoms with E-state index in [0.29, 0.717) is 0 Å². The van der Waals surface area contributed by atoms with Crippen molar-refractivity contribution in [1.29, 1.82) is 0 Å². The lowest BCUT2D eigenvalue weighted by molar-refractivity contribution is 0.497. The van der Waals surface area contributed by atoms with Crippen molar-refractivity contribution < 1.29 is 0 Å². The van der Waals surface area contributed by atoms with Crippen molar-refractivity contribution in [3.05, 3.63) is 6.67 Å². The van der Waals surface area contributed by atoms with E-state index in [-0.39, 0.29) is 5.54 Å². The molecular formula is C5H10N2. The number of hydrogen-bond donors (Lipinski definition) is 2. The molecule has 0 atom stereocenters. The number of nitrogens with one attached hydrogen (secondary N) is 2. The molecule has 0 aromatic heterocycles. The Morgan fingerprint density at radius 1 is 1.57 bits per heavy atom. The van der Waals surface area contributed by atoms with Crippen molar-refractivity contribution in [2.24, 2.45) is 0 Å². The normalized spacial score (nSPS) is 28.3. The maximum atomic E-state index is 3.03. The third-order valence-corrected chi connectivity index (χ3v) is 1.02. The van der Waals surface area contributed by atoms with Crippen molar-refractivity contribution >= 4 is 0 Å². The van der Waals surface area contributed by atoms with Gasteiger partial charge in [-0.25, -0.2) is 0 Å². The summed E-state index contributed by atoms with van der Waals surface area (Å²) in [6.45, 7) is 8.04. The van der Waals surface area contributed by atoms with Crippen molar-refractivity contribution in [3.63, 3.8) is 0 Å². The first kappa shape index (κ1) is 5.06. The average Bonchev–Trinajstić information content (AvgIpc) is 1.84. The Hall–Kier alpha value is -0.0800. The number of hydrogen-bond acceptors (Lipinski definition) is 2. The summed E-state index contributed by atoms with van der Waals surface area (Å²) in [5.74, 6) is 0. The fourth-order valence-electron chi connectivity index (χ4n) is 0.523. The highest BCUT2D eigenvalue weighted by atomic mass is 15.2. The highest BCUT2D eigenvalue weighted by Gasteiger charge is 2.21. The van der Waals surface area contributed by atoms with Crippen molar-refractivity contribution in [3.8, 4) is 0 Å². The van der Waals surface area contributed by atoms with E-state index in [4.69, 9.17) is 0 Å². The summed E-state index contributed by atoms with van der Waals surface area (Å²) in [5.41, 5.74) is 0.222. The van der Waals surface area contributed by atoms with E-state index < -0.39 is 0 Å². The van der Waals surface area contributed by atoms with Gasteiger partial charge < -0.3 is 0 Å². The molecule has 1 aliphatic heterocycles. The van der Waals surface area contributed by atoms with E-state index in [9.17, 15) is 0 Å². The Morgan fingerprint density at radius 3 is 2.43 bits per heavy atom. The summed E-state index contributed by atoms with van der Waals surface area (Å²) < 4.78 is 0. The molecule has 0 bridgehead atoms.